The summed E-state index contributed by atoms with van der Waals surface area (Å²) in [6, 6.07) is -0.573. The van der Waals surface area contributed by atoms with E-state index in [0.29, 0.717) is 11.2 Å². The number of epoxide rings is 1. The molecule has 0 amide bonds. The highest BCUT2D eigenvalue weighted by Crippen LogP contribution is 2.55. The zero-order chi connectivity index (χ0) is 14.1. The van der Waals surface area contributed by atoms with E-state index in [4.69, 9.17) is 10.5 Å². The van der Waals surface area contributed by atoms with Crippen LogP contribution in [0.2, 0.25) is 0 Å². The fourth-order valence-electron chi connectivity index (χ4n) is 3.07. The first-order valence-electron chi connectivity index (χ1n) is 6.18. The number of imidazole rings is 1. The summed E-state index contributed by atoms with van der Waals surface area (Å²) in [6.45, 7) is -0.351. The Hall–Kier alpha value is -1.81. The summed E-state index contributed by atoms with van der Waals surface area (Å²) in [4.78, 5) is 12.1. The van der Waals surface area contributed by atoms with Gasteiger partial charge in [-0.25, -0.2) is 15.0 Å². The summed E-state index contributed by atoms with van der Waals surface area (Å²) in [5.74, 6) is 0.243. The molecule has 1 saturated carbocycles. The van der Waals surface area contributed by atoms with Gasteiger partial charge in [0.1, 0.15) is 35.8 Å². The summed E-state index contributed by atoms with van der Waals surface area (Å²) in [6.07, 6.45) is 0.0752. The molecule has 0 spiro atoms. The smallest absolute Gasteiger partial charge is 0.165 e. The standard InChI is InChI=1S/C11H13N5O4/c12-9-4-10(14-2-13-9)16(3-15-4)5-6(18)7(19)11(1-17)8(5)20-11/h2-3,5-8,17-19H,1H2,(H2,12,13,14)/t5-,6-,7-,8+,11-/m0/s1. The number of fused-ring (bicyclic) bond motifs is 2. The van der Waals surface area contributed by atoms with E-state index in [1.807, 2.05) is 0 Å². The molecule has 20 heavy (non-hydrogen) atoms. The van der Waals surface area contributed by atoms with Crippen molar-refractivity contribution < 1.29 is 20.1 Å². The quantitative estimate of drug-likeness (QED) is 0.454. The Labute approximate surface area is 112 Å². The van der Waals surface area contributed by atoms with Gasteiger partial charge < -0.3 is 30.4 Å². The highest BCUT2D eigenvalue weighted by atomic mass is 16.6. The number of nitrogens with zero attached hydrogens (tertiary/aromatic N) is 4. The minimum absolute atomic E-state index is 0.243. The van der Waals surface area contributed by atoms with Crippen molar-refractivity contribution in [2.75, 3.05) is 12.3 Å². The van der Waals surface area contributed by atoms with Gasteiger partial charge >= 0.3 is 0 Å². The van der Waals surface area contributed by atoms with Crippen molar-refractivity contribution >= 4 is 17.0 Å². The molecule has 1 saturated heterocycles. The van der Waals surface area contributed by atoms with E-state index >= 15 is 0 Å². The number of hydrogen-bond acceptors (Lipinski definition) is 8. The molecule has 2 aliphatic rings. The van der Waals surface area contributed by atoms with E-state index in [9.17, 15) is 15.3 Å². The molecule has 2 aromatic heterocycles. The number of nitrogen functional groups attached to an aromatic ring is 1. The molecule has 2 fully saturated rings. The molecule has 3 heterocycles. The van der Waals surface area contributed by atoms with Crippen molar-refractivity contribution in [3.05, 3.63) is 12.7 Å². The summed E-state index contributed by atoms with van der Waals surface area (Å²) >= 11 is 0. The number of anilines is 1. The minimum atomic E-state index is -1.15. The molecule has 1 aliphatic heterocycles. The van der Waals surface area contributed by atoms with Crippen LogP contribution in [-0.2, 0) is 4.74 Å². The SMILES string of the molecule is Nc1ncnc2c1ncn2[C@H]1[C@H](O)[C@H](O)[C@]2(CO)O[C@H]12. The highest BCUT2D eigenvalue weighted by molar-refractivity contribution is 5.81. The second-order valence-electron chi connectivity index (χ2n) is 5.16. The molecule has 4 rings (SSSR count). The molecular formula is C11H13N5O4. The van der Waals surface area contributed by atoms with Crippen LogP contribution in [0.15, 0.2) is 12.7 Å². The molecule has 106 valence electrons. The van der Waals surface area contributed by atoms with Crippen molar-refractivity contribution in [3.63, 3.8) is 0 Å². The average molecular weight is 279 g/mol. The average Bonchev–Trinajstić information content (AvgIpc) is 2.95. The lowest BCUT2D eigenvalue weighted by atomic mass is 10.1. The zero-order valence-electron chi connectivity index (χ0n) is 10.3. The molecule has 1 aliphatic carbocycles. The third kappa shape index (κ3) is 1.23. The number of aliphatic hydroxyl groups excluding tert-OH is 3. The Bertz CT molecular complexity index is 691. The second kappa shape index (κ2) is 3.64. The van der Waals surface area contributed by atoms with Crippen molar-refractivity contribution in [1.82, 2.24) is 19.5 Å². The van der Waals surface area contributed by atoms with Gasteiger partial charge in [-0.05, 0) is 0 Å². The molecule has 0 bridgehead atoms. The predicted molar refractivity (Wildman–Crippen MR) is 65.5 cm³/mol. The van der Waals surface area contributed by atoms with Crippen LogP contribution in [0.5, 0.6) is 0 Å². The van der Waals surface area contributed by atoms with Crippen LogP contribution in [0, 0.1) is 0 Å². The second-order valence-corrected chi connectivity index (χ2v) is 5.16. The molecule has 2 aromatic rings. The Morgan fingerprint density at radius 2 is 2.15 bits per heavy atom. The number of rotatable bonds is 2. The van der Waals surface area contributed by atoms with E-state index in [-0.39, 0.29) is 12.4 Å². The van der Waals surface area contributed by atoms with E-state index < -0.39 is 30.0 Å². The van der Waals surface area contributed by atoms with Crippen LogP contribution in [0.1, 0.15) is 6.04 Å². The molecule has 0 radical (unpaired) electrons. The summed E-state index contributed by atoms with van der Waals surface area (Å²) in [5, 5.41) is 29.6. The molecule has 9 nitrogen and oxygen atoms in total. The lowest BCUT2D eigenvalue weighted by Crippen LogP contribution is -2.39. The predicted octanol–water partition coefficient (Wildman–Crippen LogP) is -2.19. The lowest BCUT2D eigenvalue weighted by molar-refractivity contribution is -0.0614. The van der Waals surface area contributed by atoms with E-state index in [0.717, 1.165) is 0 Å². The van der Waals surface area contributed by atoms with Gasteiger partial charge in [0.2, 0.25) is 0 Å². The van der Waals surface area contributed by atoms with Gasteiger partial charge in [0.25, 0.3) is 0 Å². The molecule has 9 heteroatoms. The van der Waals surface area contributed by atoms with Crippen molar-refractivity contribution in [1.29, 1.82) is 0 Å². The van der Waals surface area contributed by atoms with Gasteiger partial charge in [0, 0.05) is 0 Å². The van der Waals surface area contributed by atoms with Crippen molar-refractivity contribution in [2.45, 2.75) is 30.0 Å². The van der Waals surface area contributed by atoms with Gasteiger partial charge in [-0.1, -0.05) is 0 Å². The maximum Gasteiger partial charge on any atom is 0.165 e. The number of nitrogens with two attached hydrogens (primary N) is 1. The molecule has 5 N–H and O–H groups in total. The van der Waals surface area contributed by atoms with Crippen LogP contribution in [0.3, 0.4) is 0 Å². The maximum atomic E-state index is 10.2. The Kier molecular flexibility index (Phi) is 2.18. The largest absolute Gasteiger partial charge is 0.393 e. The van der Waals surface area contributed by atoms with Crippen LogP contribution >= 0.6 is 0 Å². The van der Waals surface area contributed by atoms with Crippen LogP contribution in [-0.4, -0.2) is 65.4 Å². The lowest BCUT2D eigenvalue weighted by Gasteiger charge is -2.22. The summed E-state index contributed by atoms with van der Waals surface area (Å²) in [5.41, 5.74) is 5.52. The third-order valence-corrected chi connectivity index (χ3v) is 4.21. The highest BCUT2D eigenvalue weighted by Gasteiger charge is 2.74. The normalized spacial score (nSPS) is 39.1. The summed E-state index contributed by atoms with van der Waals surface area (Å²) in [7, 11) is 0. The molecule has 0 unspecified atom stereocenters. The first-order chi connectivity index (χ1) is 9.60. The van der Waals surface area contributed by atoms with Crippen molar-refractivity contribution in [3.8, 4) is 0 Å². The van der Waals surface area contributed by atoms with E-state index in [1.54, 1.807) is 4.57 Å². The molecular weight excluding hydrogens is 266 g/mol. The van der Waals surface area contributed by atoms with Crippen LogP contribution in [0.4, 0.5) is 5.82 Å². The summed E-state index contributed by atoms with van der Waals surface area (Å²) < 4.78 is 7.01. The van der Waals surface area contributed by atoms with E-state index in [2.05, 4.69) is 15.0 Å². The minimum Gasteiger partial charge on any atom is -0.393 e. The molecule has 0 aromatic carbocycles. The Morgan fingerprint density at radius 1 is 1.35 bits per heavy atom. The van der Waals surface area contributed by atoms with Crippen LogP contribution < -0.4 is 5.73 Å². The van der Waals surface area contributed by atoms with Gasteiger partial charge in [-0.2, -0.15) is 0 Å². The maximum absolute atomic E-state index is 10.2. The molecule has 5 atom stereocenters. The van der Waals surface area contributed by atoms with Gasteiger partial charge in [0.05, 0.1) is 19.0 Å². The number of aliphatic hydroxyl groups is 3. The fraction of sp³-hybridized carbons (Fsp3) is 0.545. The van der Waals surface area contributed by atoms with Crippen LogP contribution in [0.25, 0.3) is 11.2 Å². The fourth-order valence-corrected chi connectivity index (χ4v) is 3.07. The van der Waals surface area contributed by atoms with Gasteiger partial charge in [0.15, 0.2) is 11.5 Å². The number of hydrogen-bond donors (Lipinski definition) is 4. The first-order valence-corrected chi connectivity index (χ1v) is 6.18. The monoisotopic (exact) mass is 279 g/mol. The number of ether oxygens (including phenoxy) is 1. The van der Waals surface area contributed by atoms with E-state index in [1.165, 1.54) is 12.7 Å². The first kappa shape index (κ1) is 12.0. The topological polar surface area (TPSA) is 143 Å². The Morgan fingerprint density at radius 3 is 2.85 bits per heavy atom. The van der Waals surface area contributed by atoms with Gasteiger partial charge in [-0.3, -0.25) is 0 Å². The number of aromatic nitrogens is 4. The van der Waals surface area contributed by atoms with Gasteiger partial charge in [-0.15, -0.1) is 0 Å². The zero-order valence-corrected chi connectivity index (χ0v) is 10.3. The Balaban J connectivity index is 1.83. The van der Waals surface area contributed by atoms with Crippen molar-refractivity contribution in [2.24, 2.45) is 0 Å². The third-order valence-electron chi connectivity index (χ3n) is 4.21.